The van der Waals surface area contributed by atoms with Crippen molar-refractivity contribution in [2.24, 2.45) is 0 Å². The molecule has 1 aliphatic heterocycles. The van der Waals surface area contributed by atoms with Gasteiger partial charge in [0, 0.05) is 0 Å². The van der Waals surface area contributed by atoms with Gasteiger partial charge in [0.2, 0.25) is 0 Å². The lowest BCUT2D eigenvalue weighted by Crippen LogP contribution is -2.45. The molecule has 2 aromatic carbocycles. The summed E-state index contributed by atoms with van der Waals surface area (Å²) in [6, 6.07) is 15.5. The molecule has 0 aliphatic carbocycles. The Morgan fingerprint density at radius 3 is 2.30 bits per heavy atom. The third-order valence-electron chi connectivity index (χ3n) is 4.15. The summed E-state index contributed by atoms with van der Waals surface area (Å²) in [7, 11) is 1.58. The van der Waals surface area contributed by atoms with E-state index in [1.165, 1.54) is 0 Å². The summed E-state index contributed by atoms with van der Waals surface area (Å²) in [5.74, 6) is 0.217. The lowest BCUT2D eigenvalue weighted by molar-refractivity contribution is -0.143. The van der Waals surface area contributed by atoms with Crippen LogP contribution in [0, 0.1) is 0 Å². The minimum atomic E-state index is -0.633. The second kappa shape index (κ2) is 7.95. The number of carbonyl (C=O) groups is 2. The molecule has 6 nitrogen and oxygen atoms in total. The van der Waals surface area contributed by atoms with Crippen LogP contribution in [0.3, 0.4) is 0 Å². The van der Waals surface area contributed by atoms with E-state index < -0.39 is 12.0 Å². The van der Waals surface area contributed by atoms with Crippen LogP contribution in [0.2, 0.25) is 0 Å². The molecule has 0 aromatic heterocycles. The standard InChI is InChI=1S/C21H22N2O4/c1-13(2)27-20(24)17-18(14-7-5-4-6-8-14)22-21(25)23-19(17)15-9-11-16(26-3)12-10-15/h4-13,19H,1-3H3,(H2,22,23,25). The number of rotatable bonds is 5. The van der Waals surface area contributed by atoms with E-state index in [1.807, 2.05) is 42.5 Å². The van der Waals surface area contributed by atoms with E-state index in [0.29, 0.717) is 17.0 Å². The minimum absolute atomic E-state index is 0.281. The second-order valence-electron chi connectivity index (χ2n) is 6.41. The number of ether oxygens (including phenoxy) is 2. The zero-order chi connectivity index (χ0) is 19.4. The van der Waals surface area contributed by atoms with Gasteiger partial charge in [-0.3, -0.25) is 0 Å². The first-order valence-electron chi connectivity index (χ1n) is 8.71. The number of nitrogens with one attached hydrogen (secondary N) is 2. The molecule has 0 bridgehead atoms. The molecule has 1 heterocycles. The summed E-state index contributed by atoms with van der Waals surface area (Å²) in [6.45, 7) is 3.58. The highest BCUT2D eigenvalue weighted by Crippen LogP contribution is 2.32. The van der Waals surface area contributed by atoms with E-state index in [1.54, 1.807) is 33.1 Å². The number of amides is 2. The van der Waals surface area contributed by atoms with E-state index in [-0.39, 0.29) is 12.1 Å². The molecule has 3 rings (SSSR count). The van der Waals surface area contributed by atoms with Crippen molar-refractivity contribution in [3.05, 3.63) is 71.3 Å². The van der Waals surface area contributed by atoms with Crippen molar-refractivity contribution in [3.63, 3.8) is 0 Å². The molecule has 0 spiro atoms. The van der Waals surface area contributed by atoms with Gasteiger partial charge in [0.15, 0.2) is 0 Å². The molecule has 0 saturated heterocycles. The summed E-state index contributed by atoms with van der Waals surface area (Å²) in [6.07, 6.45) is -0.281. The van der Waals surface area contributed by atoms with Gasteiger partial charge in [-0.05, 0) is 37.1 Å². The Kier molecular flexibility index (Phi) is 5.45. The molecular formula is C21H22N2O4. The normalized spacial score (nSPS) is 16.6. The Balaban J connectivity index is 2.13. The summed E-state index contributed by atoms with van der Waals surface area (Å²) in [4.78, 5) is 25.2. The molecule has 27 heavy (non-hydrogen) atoms. The number of carbonyl (C=O) groups excluding carboxylic acids is 2. The molecule has 1 aliphatic rings. The molecule has 140 valence electrons. The highest BCUT2D eigenvalue weighted by molar-refractivity contribution is 6.04. The van der Waals surface area contributed by atoms with Gasteiger partial charge in [-0.15, -0.1) is 0 Å². The van der Waals surface area contributed by atoms with Gasteiger partial charge in [0.25, 0.3) is 0 Å². The molecule has 6 heteroatoms. The Labute approximate surface area is 158 Å². The Morgan fingerprint density at radius 2 is 1.70 bits per heavy atom. The number of benzene rings is 2. The van der Waals surface area contributed by atoms with Crippen LogP contribution in [-0.4, -0.2) is 25.2 Å². The summed E-state index contributed by atoms with van der Waals surface area (Å²) in [5.41, 5.74) is 2.31. The van der Waals surface area contributed by atoms with Crippen molar-refractivity contribution in [2.75, 3.05) is 7.11 Å². The molecule has 2 amide bonds. The fourth-order valence-electron chi connectivity index (χ4n) is 2.94. The molecule has 0 fully saturated rings. The summed E-state index contributed by atoms with van der Waals surface area (Å²) in [5, 5.41) is 5.59. The van der Waals surface area contributed by atoms with Crippen molar-refractivity contribution in [1.82, 2.24) is 10.6 Å². The number of esters is 1. The van der Waals surface area contributed by atoms with Crippen LogP contribution >= 0.6 is 0 Å². The maximum atomic E-state index is 12.9. The monoisotopic (exact) mass is 366 g/mol. The van der Waals surface area contributed by atoms with Crippen LogP contribution in [-0.2, 0) is 9.53 Å². The first-order valence-corrected chi connectivity index (χ1v) is 8.71. The average molecular weight is 366 g/mol. The maximum Gasteiger partial charge on any atom is 0.338 e. The van der Waals surface area contributed by atoms with Crippen LogP contribution in [0.1, 0.15) is 31.0 Å². The van der Waals surface area contributed by atoms with E-state index in [4.69, 9.17) is 9.47 Å². The fourth-order valence-corrected chi connectivity index (χ4v) is 2.94. The third-order valence-corrected chi connectivity index (χ3v) is 4.15. The molecule has 0 radical (unpaired) electrons. The van der Waals surface area contributed by atoms with Crippen LogP contribution in [0.25, 0.3) is 5.70 Å². The number of hydrogen-bond acceptors (Lipinski definition) is 4. The first kappa shape index (κ1) is 18.5. The maximum absolute atomic E-state index is 12.9. The van der Waals surface area contributed by atoms with Gasteiger partial charge >= 0.3 is 12.0 Å². The number of urea groups is 1. The van der Waals surface area contributed by atoms with E-state index >= 15 is 0 Å². The van der Waals surface area contributed by atoms with Crippen molar-refractivity contribution in [2.45, 2.75) is 26.0 Å². The third kappa shape index (κ3) is 4.11. The molecule has 2 N–H and O–H groups in total. The first-order chi connectivity index (χ1) is 13.0. The van der Waals surface area contributed by atoms with Crippen molar-refractivity contribution >= 4 is 17.7 Å². The molecule has 2 aromatic rings. The molecule has 1 unspecified atom stereocenters. The smallest absolute Gasteiger partial charge is 0.338 e. The van der Waals surface area contributed by atoms with Crippen molar-refractivity contribution in [3.8, 4) is 5.75 Å². The SMILES string of the molecule is COc1ccc(C2NC(=O)NC(c3ccccc3)=C2C(=O)OC(C)C)cc1. The highest BCUT2D eigenvalue weighted by atomic mass is 16.5. The largest absolute Gasteiger partial charge is 0.497 e. The predicted octanol–water partition coefficient (Wildman–Crippen LogP) is 3.41. The lowest BCUT2D eigenvalue weighted by atomic mass is 9.92. The highest BCUT2D eigenvalue weighted by Gasteiger charge is 2.34. The van der Waals surface area contributed by atoms with Gasteiger partial charge in [-0.2, -0.15) is 0 Å². The number of methoxy groups -OCH3 is 1. The Morgan fingerprint density at radius 1 is 1.04 bits per heavy atom. The van der Waals surface area contributed by atoms with Gasteiger partial charge < -0.3 is 20.1 Å². The quantitative estimate of drug-likeness (QED) is 0.795. The van der Waals surface area contributed by atoms with Crippen molar-refractivity contribution in [1.29, 1.82) is 0 Å². The van der Waals surface area contributed by atoms with Crippen LogP contribution < -0.4 is 15.4 Å². The van der Waals surface area contributed by atoms with E-state index in [2.05, 4.69) is 10.6 Å². The second-order valence-corrected chi connectivity index (χ2v) is 6.41. The van der Waals surface area contributed by atoms with Crippen LogP contribution in [0.5, 0.6) is 5.75 Å². The van der Waals surface area contributed by atoms with Gasteiger partial charge in [0.1, 0.15) is 5.75 Å². The van der Waals surface area contributed by atoms with Crippen molar-refractivity contribution < 1.29 is 19.1 Å². The van der Waals surface area contributed by atoms with Gasteiger partial charge in [0.05, 0.1) is 30.5 Å². The lowest BCUT2D eigenvalue weighted by Gasteiger charge is -2.30. The predicted molar refractivity (Wildman–Crippen MR) is 102 cm³/mol. The zero-order valence-electron chi connectivity index (χ0n) is 15.5. The summed E-state index contributed by atoms with van der Waals surface area (Å²) < 4.78 is 10.7. The van der Waals surface area contributed by atoms with Crippen LogP contribution in [0.15, 0.2) is 60.2 Å². The topological polar surface area (TPSA) is 76.7 Å². The van der Waals surface area contributed by atoms with Gasteiger partial charge in [-0.25, -0.2) is 9.59 Å². The minimum Gasteiger partial charge on any atom is -0.497 e. The molecular weight excluding hydrogens is 344 g/mol. The van der Waals surface area contributed by atoms with Gasteiger partial charge in [-0.1, -0.05) is 42.5 Å². The summed E-state index contributed by atoms with van der Waals surface area (Å²) >= 11 is 0. The number of hydrogen-bond donors (Lipinski definition) is 2. The van der Waals surface area contributed by atoms with E-state index in [9.17, 15) is 9.59 Å². The Hall–Kier alpha value is -3.28. The van der Waals surface area contributed by atoms with E-state index in [0.717, 1.165) is 11.1 Å². The molecule has 1 atom stereocenters. The van der Waals surface area contributed by atoms with Crippen LogP contribution in [0.4, 0.5) is 4.79 Å². The fraction of sp³-hybridized carbons (Fsp3) is 0.238. The average Bonchev–Trinajstić information content (AvgIpc) is 2.67. The zero-order valence-corrected chi connectivity index (χ0v) is 15.5. The molecule has 0 saturated carbocycles. The Bertz CT molecular complexity index is 858.